The summed E-state index contributed by atoms with van der Waals surface area (Å²) in [5.74, 6) is 0.544. The Labute approximate surface area is 85.2 Å². The van der Waals surface area contributed by atoms with Crippen LogP contribution < -0.4 is 11.1 Å². The molecule has 0 aromatic rings. The van der Waals surface area contributed by atoms with Crippen molar-refractivity contribution in [2.45, 2.75) is 32.2 Å². The van der Waals surface area contributed by atoms with Crippen molar-refractivity contribution in [3.05, 3.63) is 0 Å². The molecule has 14 heavy (non-hydrogen) atoms. The van der Waals surface area contributed by atoms with Crippen LogP contribution in [0.3, 0.4) is 0 Å². The third-order valence-electron chi connectivity index (χ3n) is 2.61. The number of carbonyl (C=O) groups is 1. The van der Waals surface area contributed by atoms with Crippen molar-refractivity contribution >= 4 is 5.91 Å². The lowest BCUT2D eigenvalue weighted by atomic mass is 10.1. The lowest BCUT2D eigenvalue weighted by molar-refractivity contribution is -0.125. The Morgan fingerprint density at radius 3 is 2.93 bits per heavy atom. The Morgan fingerprint density at radius 2 is 2.36 bits per heavy atom. The number of rotatable bonds is 5. The number of nitrogens with two attached hydrogens (primary N) is 1. The van der Waals surface area contributed by atoms with Crippen LogP contribution in [0.15, 0.2) is 0 Å². The first-order valence-electron chi connectivity index (χ1n) is 5.32. The van der Waals surface area contributed by atoms with Gasteiger partial charge in [-0.3, -0.25) is 4.79 Å². The molecule has 0 bridgehead atoms. The van der Waals surface area contributed by atoms with Gasteiger partial charge in [0.25, 0.3) is 0 Å². The van der Waals surface area contributed by atoms with E-state index >= 15 is 0 Å². The van der Waals surface area contributed by atoms with Crippen molar-refractivity contribution in [3.8, 4) is 0 Å². The third kappa shape index (κ3) is 4.07. The average Bonchev–Trinajstić information content (AvgIpc) is 2.58. The molecule has 3 N–H and O–H groups in total. The van der Waals surface area contributed by atoms with Crippen molar-refractivity contribution in [1.82, 2.24) is 5.32 Å². The number of carbonyl (C=O) groups excluding carboxylic acids is 1. The molecule has 1 saturated carbocycles. The molecule has 0 heterocycles. The van der Waals surface area contributed by atoms with Gasteiger partial charge < -0.3 is 15.8 Å². The van der Waals surface area contributed by atoms with Crippen molar-refractivity contribution < 1.29 is 9.53 Å². The highest BCUT2D eigenvalue weighted by Crippen LogP contribution is 2.22. The molecular formula is C10H20N2O2. The van der Waals surface area contributed by atoms with Crippen LogP contribution in [0.4, 0.5) is 0 Å². The molecule has 1 aliphatic rings. The lowest BCUT2D eigenvalue weighted by Crippen LogP contribution is -2.32. The van der Waals surface area contributed by atoms with Gasteiger partial charge >= 0.3 is 0 Å². The van der Waals surface area contributed by atoms with Gasteiger partial charge in [-0.05, 0) is 32.1 Å². The first kappa shape index (κ1) is 11.5. The Hall–Kier alpha value is -0.610. The lowest BCUT2D eigenvalue weighted by Gasteiger charge is -2.10. The quantitative estimate of drug-likeness (QED) is 0.669. The fourth-order valence-corrected chi connectivity index (χ4v) is 1.80. The van der Waals surface area contributed by atoms with Crippen molar-refractivity contribution in [2.24, 2.45) is 11.7 Å². The van der Waals surface area contributed by atoms with Gasteiger partial charge in [-0.2, -0.15) is 0 Å². The summed E-state index contributed by atoms with van der Waals surface area (Å²) < 4.78 is 4.99. The largest absolute Gasteiger partial charge is 0.372 e. The summed E-state index contributed by atoms with van der Waals surface area (Å²) in [4.78, 5) is 11.2. The Bertz CT molecular complexity index is 185. The third-order valence-corrected chi connectivity index (χ3v) is 2.61. The van der Waals surface area contributed by atoms with E-state index in [-0.39, 0.29) is 12.5 Å². The maximum atomic E-state index is 11.2. The molecule has 2 atom stereocenters. The Balaban J connectivity index is 2.05. The molecule has 0 saturated heterocycles. The molecule has 0 aliphatic heterocycles. The van der Waals surface area contributed by atoms with Gasteiger partial charge in [0.1, 0.15) is 6.61 Å². The molecule has 4 heteroatoms. The van der Waals surface area contributed by atoms with Gasteiger partial charge in [-0.25, -0.2) is 0 Å². The fourth-order valence-electron chi connectivity index (χ4n) is 1.80. The van der Waals surface area contributed by atoms with Gasteiger partial charge in [0.2, 0.25) is 5.91 Å². The van der Waals surface area contributed by atoms with Gasteiger partial charge in [0, 0.05) is 19.2 Å². The predicted octanol–water partition coefficient (Wildman–Crippen LogP) is 0.267. The molecule has 1 amide bonds. The van der Waals surface area contributed by atoms with Crippen LogP contribution in [0.5, 0.6) is 0 Å². The number of nitrogens with one attached hydrogen (secondary N) is 1. The van der Waals surface area contributed by atoms with E-state index in [1.165, 1.54) is 0 Å². The van der Waals surface area contributed by atoms with E-state index < -0.39 is 0 Å². The highest BCUT2D eigenvalue weighted by Gasteiger charge is 2.21. The van der Waals surface area contributed by atoms with E-state index in [0.29, 0.717) is 18.6 Å². The van der Waals surface area contributed by atoms with Crippen LogP contribution in [0.1, 0.15) is 26.2 Å². The van der Waals surface area contributed by atoms with E-state index in [9.17, 15) is 4.79 Å². The number of hydrogen-bond acceptors (Lipinski definition) is 3. The van der Waals surface area contributed by atoms with Crippen LogP contribution in [-0.2, 0) is 9.53 Å². The summed E-state index contributed by atoms with van der Waals surface area (Å²) in [5.41, 5.74) is 5.77. The number of hydrogen-bond donors (Lipinski definition) is 2. The maximum Gasteiger partial charge on any atom is 0.246 e. The SMILES string of the molecule is CCOCC(=O)NCC1CCC(N)C1. The van der Waals surface area contributed by atoms with Crippen LogP contribution in [0, 0.1) is 5.92 Å². The first-order chi connectivity index (χ1) is 6.72. The molecule has 0 aromatic carbocycles. The minimum atomic E-state index is -0.0210. The van der Waals surface area contributed by atoms with Gasteiger partial charge in [-0.15, -0.1) is 0 Å². The smallest absolute Gasteiger partial charge is 0.246 e. The molecule has 0 spiro atoms. The summed E-state index contributed by atoms with van der Waals surface area (Å²) in [5, 5.41) is 2.86. The Kier molecular flexibility index (Phi) is 4.90. The molecular weight excluding hydrogens is 180 g/mol. The highest BCUT2D eigenvalue weighted by molar-refractivity contribution is 5.77. The van der Waals surface area contributed by atoms with E-state index in [0.717, 1.165) is 25.8 Å². The second-order valence-corrected chi connectivity index (χ2v) is 3.88. The second kappa shape index (κ2) is 5.98. The monoisotopic (exact) mass is 200 g/mol. The van der Waals surface area contributed by atoms with Gasteiger partial charge in [-0.1, -0.05) is 0 Å². The van der Waals surface area contributed by atoms with E-state index in [1.807, 2.05) is 6.92 Å². The average molecular weight is 200 g/mol. The normalized spacial score (nSPS) is 26.4. The summed E-state index contributed by atoms with van der Waals surface area (Å²) in [6.07, 6.45) is 3.26. The topological polar surface area (TPSA) is 64.3 Å². The van der Waals surface area contributed by atoms with Crippen molar-refractivity contribution in [1.29, 1.82) is 0 Å². The molecule has 0 radical (unpaired) electrons. The van der Waals surface area contributed by atoms with Crippen LogP contribution in [0.2, 0.25) is 0 Å². The molecule has 82 valence electrons. The van der Waals surface area contributed by atoms with Crippen molar-refractivity contribution in [2.75, 3.05) is 19.8 Å². The standard InChI is InChI=1S/C10H20N2O2/c1-2-14-7-10(13)12-6-8-3-4-9(11)5-8/h8-9H,2-7,11H2,1H3,(H,12,13). The summed E-state index contributed by atoms with van der Waals surface area (Å²) in [7, 11) is 0. The van der Waals surface area contributed by atoms with Gasteiger partial charge in [0.15, 0.2) is 0 Å². The van der Waals surface area contributed by atoms with E-state index in [1.54, 1.807) is 0 Å². The van der Waals surface area contributed by atoms with Crippen LogP contribution in [-0.4, -0.2) is 31.7 Å². The molecule has 0 aromatic heterocycles. The van der Waals surface area contributed by atoms with Gasteiger partial charge in [0.05, 0.1) is 0 Å². The fraction of sp³-hybridized carbons (Fsp3) is 0.900. The molecule has 2 unspecified atom stereocenters. The molecule has 1 fully saturated rings. The zero-order valence-electron chi connectivity index (χ0n) is 8.79. The first-order valence-corrected chi connectivity index (χ1v) is 5.32. The van der Waals surface area contributed by atoms with Crippen molar-refractivity contribution in [3.63, 3.8) is 0 Å². The second-order valence-electron chi connectivity index (χ2n) is 3.88. The zero-order chi connectivity index (χ0) is 10.4. The predicted molar refractivity (Wildman–Crippen MR) is 54.8 cm³/mol. The van der Waals surface area contributed by atoms with Crippen LogP contribution >= 0.6 is 0 Å². The number of ether oxygens (including phenoxy) is 1. The minimum Gasteiger partial charge on any atom is -0.372 e. The molecule has 1 aliphatic carbocycles. The van der Waals surface area contributed by atoms with Crippen LogP contribution in [0.25, 0.3) is 0 Å². The van der Waals surface area contributed by atoms with E-state index in [4.69, 9.17) is 10.5 Å². The highest BCUT2D eigenvalue weighted by atomic mass is 16.5. The molecule has 1 rings (SSSR count). The van der Waals surface area contributed by atoms with E-state index in [2.05, 4.69) is 5.32 Å². The minimum absolute atomic E-state index is 0.0210. The maximum absolute atomic E-state index is 11.2. The Morgan fingerprint density at radius 1 is 1.57 bits per heavy atom. The summed E-state index contributed by atoms with van der Waals surface area (Å²) in [6.45, 7) is 3.39. The summed E-state index contributed by atoms with van der Waals surface area (Å²) >= 11 is 0. The summed E-state index contributed by atoms with van der Waals surface area (Å²) in [6, 6.07) is 0.337. The number of amides is 1. The molecule has 4 nitrogen and oxygen atoms in total. The zero-order valence-corrected chi connectivity index (χ0v) is 8.79.